The zero-order chi connectivity index (χ0) is 25.1. The van der Waals surface area contributed by atoms with Crippen molar-refractivity contribution < 1.29 is 0 Å². The Balaban J connectivity index is 0.000000243. The predicted octanol–water partition coefficient (Wildman–Crippen LogP) is 5.80. The molecule has 3 atom stereocenters. The van der Waals surface area contributed by atoms with Gasteiger partial charge in [0.2, 0.25) is 0 Å². The molecule has 2 aliphatic heterocycles. The van der Waals surface area contributed by atoms with E-state index >= 15 is 0 Å². The Hall–Kier alpha value is -3.18. The highest BCUT2D eigenvalue weighted by molar-refractivity contribution is 5.76. The van der Waals surface area contributed by atoms with Gasteiger partial charge in [-0.3, -0.25) is 0 Å². The lowest BCUT2D eigenvalue weighted by atomic mass is 9.93. The van der Waals surface area contributed by atoms with Crippen molar-refractivity contribution in [1.82, 2.24) is 20.2 Å². The quantitative estimate of drug-likeness (QED) is 0.507. The lowest BCUT2D eigenvalue weighted by Gasteiger charge is -2.21. The van der Waals surface area contributed by atoms with E-state index in [0.29, 0.717) is 5.82 Å². The fourth-order valence-electron chi connectivity index (χ4n) is 5.38. The molecule has 0 spiro atoms. The number of hydrogen-bond acceptors (Lipinski definition) is 5. The van der Waals surface area contributed by atoms with Crippen molar-refractivity contribution in [2.45, 2.75) is 46.6 Å². The highest BCUT2D eigenvalue weighted by Gasteiger charge is 2.32. The van der Waals surface area contributed by atoms with E-state index in [0.717, 1.165) is 64.6 Å². The van der Waals surface area contributed by atoms with Gasteiger partial charge in [-0.2, -0.15) is 0 Å². The molecule has 3 aromatic rings. The van der Waals surface area contributed by atoms with Crippen LogP contribution in [0.25, 0.3) is 28.2 Å². The third-order valence-electron chi connectivity index (χ3n) is 7.65. The van der Waals surface area contributed by atoms with Gasteiger partial charge in [-0.1, -0.05) is 69.3 Å². The summed E-state index contributed by atoms with van der Waals surface area (Å²) in [5, 5.41) is 3.30. The van der Waals surface area contributed by atoms with E-state index < -0.39 is 0 Å². The highest BCUT2D eigenvalue weighted by Crippen LogP contribution is 2.31. The van der Waals surface area contributed by atoms with E-state index in [4.69, 9.17) is 10.7 Å². The molecule has 184 valence electrons. The monoisotopic (exact) mass is 469 g/mol. The number of rotatable bonds is 3. The van der Waals surface area contributed by atoms with E-state index in [1.807, 2.05) is 6.07 Å². The van der Waals surface area contributed by atoms with Gasteiger partial charge in [0.15, 0.2) is 0 Å². The SMILES string of the molecule is C=C1NCCc2cc(-c3nc(-c4ccc(C)cc4)cnc3N)ccc21.CCC1C(C)[C@H](C)CN1C. The number of nitrogen functional groups attached to an aromatic ring is 1. The first-order valence-electron chi connectivity index (χ1n) is 12.7. The second-order valence-corrected chi connectivity index (χ2v) is 10.1. The number of nitrogens with zero attached hydrogens (tertiary/aromatic N) is 3. The van der Waals surface area contributed by atoms with E-state index in [2.05, 4.69) is 92.9 Å². The van der Waals surface area contributed by atoms with E-state index in [9.17, 15) is 0 Å². The number of benzene rings is 2. The lowest BCUT2D eigenvalue weighted by molar-refractivity contribution is 0.272. The Morgan fingerprint density at radius 2 is 1.83 bits per heavy atom. The Morgan fingerprint density at radius 3 is 2.46 bits per heavy atom. The molecule has 2 aliphatic rings. The Kier molecular flexibility index (Phi) is 7.56. The van der Waals surface area contributed by atoms with E-state index in [1.54, 1.807) is 6.20 Å². The van der Waals surface area contributed by atoms with Crippen LogP contribution in [0.4, 0.5) is 5.82 Å². The maximum Gasteiger partial charge on any atom is 0.150 e. The number of nitrogens with one attached hydrogen (secondary N) is 1. The van der Waals surface area contributed by atoms with Crippen LogP contribution >= 0.6 is 0 Å². The number of aromatic nitrogens is 2. The van der Waals surface area contributed by atoms with Crippen molar-refractivity contribution in [3.05, 3.63) is 71.9 Å². The first-order valence-corrected chi connectivity index (χ1v) is 12.7. The molecule has 1 fully saturated rings. The zero-order valence-corrected chi connectivity index (χ0v) is 21.8. The van der Waals surface area contributed by atoms with Gasteiger partial charge in [-0.25, -0.2) is 9.97 Å². The van der Waals surface area contributed by atoms with Crippen molar-refractivity contribution in [2.75, 3.05) is 25.9 Å². The minimum Gasteiger partial charge on any atom is -0.385 e. The molecule has 3 N–H and O–H groups in total. The van der Waals surface area contributed by atoms with Gasteiger partial charge in [0.25, 0.3) is 0 Å². The van der Waals surface area contributed by atoms with Crippen LogP contribution in [-0.2, 0) is 6.42 Å². The topological polar surface area (TPSA) is 67.1 Å². The van der Waals surface area contributed by atoms with Crippen molar-refractivity contribution in [1.29, 1.82) is 0 Å². The summed E-state index contributed by atoms with van der Waals surface area (Å²) >= 11 is 0. The van der Waals surface area contributed by atoms with Crippen molar-refractivity contribution in [2.24, 2.45) is 11.8 Å². The second kappa shape index (κ2) is 10.6. The first-order chi connectivity index (χ1) is 16.8. The average Bonchev–Trinajstić information content (AvgIpc) is 3.10. The molecular formula is C30H39N5. The summed E-state index contributed by atoms with van der Waals surface area (Å²) in [5.41, 5.74) is 14.3. The van der Waals surface area contributed by atoms with Crippen LogP contribution in [-0.4, -0.2) is 41.0 Å². The molecule has 1 saturated heterocycles. The molecule has 35 heavy (non-hydrogen) atoms. The van der Waals surface area contributed by atoms with Crippen LogP contribution in [0.1, 0.15) is 43.9 Å². The molecule has 5 nitrogen and oxygen atoms in total. The average molecular weight is 470 g/mol. The Morgan fingerprint density at radius 1 is 1.11 bits per heavy atom. The molecule has 0 aliphatic carbocycles. The molecular weight excluding hydrogens is 430 g/mol. The van der Waals surface area contributed by atoms with Crippen LogP contribution < -0.4 is 11.1 Å². The number of aryl methyl sites for hydroxylation is 1. The summed E-state index contributed by atoms with van der Waals surface area (Å²) in [6, 6.07) is 15.4. The molecule has 1 aromatic heterocycles. The van der Waals surface area contributed by atoms with Gasteiger partial charge in [0.05, 0.1) is 11.9 Å². The molecule has 3 heterocycles. The number of hydrogen-bond donors (Lipinski definition) is 2. The van der Waals surface area contributed by atoms with Crippen LogP contribution in [0.2, 0.25) is 0 Å². The molecule has 0 saturated carbocycles. The van der Waals surface area contributed by atoms with Gasteiger partial charge < -0.3 is 16.0 Å². The Bertz CT molecular complexity index is 1180. The van der Waals surface area contributed by atoms with E-state index in [-0.39, 0.29) is 0 Å². The smallest absolute Gasteiger partial charge is 0.150 e. The van der Waals surface area contributed by atoms with Gasteiger partial charge in [-0.05, 0) is 50.3 Å². The molecule has 2 aromatic carbocycles. The minimum atomic E-state index is 0.448. The van der Waals surface area contributed by atoms with Gasteiger partial charge in [0.1, 0.15) is 11.5 Å². The molecule has 0 bridgehead atoms. The molecule has 0 amide bonds. The summed E-state index contributed by atoms with van der Waals surface area (Å²) in [5.74, 6) is 2.24. The maximum absolute atomic E-state index is 6.12. The lowest BCUT2D eigenvalue weighted by Crippen LogP contribution is -2.27. The van der Waals surface area contributed by atoms with E-state index in [1.165, 1.54) is 24.1 Å². The normalized spacial score (nSPS) is 21.6. The van der Waals surface area contributed by atoms with Crippen LogP contribution in [0.15, 0.2) is 55.2 Å². The Labute approximate surface area is 210 Å². The zero-order valence-electron chi connectivity index (χ0n) is 21.8. The number of fused-ring (bicyclic) bond motifs is 1. The fraction of sp³-hybridized carbons (Fsp3) is 0.400. The largest absolute Gasteiger partial charge is 0.385 e. The summed E-state index contributed by atoms with van der Waals surface area (Å²) in [7, 11) is 2.24. The third-order valence-corrected chi connectivity index (χ3v) is 7.65. The van der Waals surface area contributed by atoms with Crippen molar-refractivity contribution in [3.63, 3.8) is 0 Å². The van der Waals surface area contributed by atoms with Gasteiger partial charge in [0, 0.05) is 41.5 Å². The predicted molar refractivity (Wildman–Crippen MR) is 148 cm³/mol. The van der Waals surface area contributed by atoms with Crippen LogP contribution in [0.3, 0.4) is 0 Å². The van der Waals surface area contributed by atoms with Crippen molar-refractivity contribution in [3.8, 4) is 22.5 Å². The summed E-state index contributed by atoms with van der Waals surface area (Å²) in [6.07, 6.45) is 4.00. The molecule has 5 heteroatoms. The molecule has 2 unspecified atom stereocenters. The summed E-state index contributed by atoms with van der Waals surface area (Å²) in [4.78, 5) is 11.6. The number of nitrogens with two attached hydrogens (primary N) is 1. The second-order valence-electron chi connectivity index (χ2n) is 10.1. The fourth-order valence-corrected chi connectivity index (χ4v) is 5.38. The highest BCUT2D eigenvalue weighted by atomic mass is 15.2. The maximum atomic E-state index is 6.12. The van der Waals surface area contributed by atoms with Crippen molar-refractivity contribution >= 4 is 11.5 Å². The van der Waals surface area contributed by atoms with Gasteiger partial charge >= 0.3 is 0 Å². The standard InChI is InChI=1S/C21H20N4.C9H19N/c1-13-3-5-15(6-4-13)19-12-24-21(22)20(25-19)17-7-8-18-14(2)23-10-9-16(18)11-17;1-5-9-8(3)7(2)6-10(9)4/h3-8,11-12,23H,2,9-10H2,1H3,(H2,22,24);7-9H,5-6H2,1-4H3/t;7-,8?,9?/m.1/s1. The summed E-state index contributed by atoms with van der Waals surface area (Å²) < 4.78 is 0. The minimum absolute atomic E-state index is 0.448. The van der Waals surface area contributed by atoms with Crippen LogP contribution in [0.5, 0.6) is 0 Å². The first kappa shape index (κ1) is 24.9. The van der Waals surface area contributed by atoms with Crippen LogP contribution in [0, 0.1) is 18.8 Å². The number of anilines is 1. The molecule has 0 radical (unpaired) electrons. The third kappa shape index (κ3) is 5.40. The van der Waals surface area contributed by atoms with Gasteiger partial charge in [-0.15, -0.1) is 0 Å². The number of likely N-dealkylation sites (tertiary alicyclic amines) is 1. The summed E-state index contributed by atoms with van der Waals surface area (Å²) in [6.45, 7) is 15.4. The molecule has 5 rings (SSSR count).